The van der Waals surface area contributed by atoms with Gasteiger partial charge < -0.3 is 39.9 Å². The minimum atomic E-state index is -0.701. The van der Waals surface area contributed by atoms with Crippen LogP contribution in [-0.2, 0) is 19.1 Å². The van der Waals surface area contributed by atoms with E-state index in [-0.39, 0.29) is 47.6 Å². The second kappa shape index (κ2) is 17.6. The molecule has 3 aromatic carbocycles. The number of amides is 4. The third-order valence-corrected chi connectivity index (χ3v) is 11.9. The van der Waals surface area contributed by atoms with E-state index in [1.54, 1.807) is 0 Å². The van der Waals surface area contributed by atoms with Crippen molar-refractivity contribution in [2.45, 2.75) is 78.6 Å². The van der Waals surface area contributed by atoms with Crippen molar-refractivity contribution in [3.05, 3.63) is 84.7 Å². The second-order valence-electron chi connectivity index (χ2n) is 17.1. The van der Waals surface area contributed by atoms with E-state index in [0.717, 1.165) is 68.9 Å². The van der Waals surface area contributed by atoms with E-state index in [2.05, 4.69) is 95.1 Å². The largest absolute Gasteiger partial charge is 0.453 e. The first-order valence-corrected chi connectivity index (χ1v) is 20.8. The summed E-state index contributed by atoms with van der Waals surface area (Å²) in [5.41, 5.74) is 5.87. The van der Waals surface area contributed by atoms with Crippen molar-refractivity contribution in [1.29, 1.82) is 0 Å². The molecule has 4 amide bonds. The van der Waals surface area contributed by atoms with Crippen LogP contribution in [0, 0.1) is 23.7 Å². The number of H-pyrrole nitrogens is 2. The summed E-state index contributed by atoms with van der Waals surface area (Å²) in [5, 5.41) is 7.62. The predicted molar refractivity (Wildman–Crippen MR) is 229 cm³/mol. The summed E-state index contributed by atoms with van der Waals surface area (Å²) in [4.78, 5) is 71.6. The van der Waals surface area contributed by atoms with Crippen LogP contribution in [0.4, 0.5) is 9.59 Å². The van der Waals surface area contributed by atoms with Crippen LogP contribution in [0.2, 0.25) is 0 Å². The number of rotatable bonds is 11. The number of carbonyl (C=O) groups excluding carboxylic acids is 4. The number of nitrogens with one attached hydrogen (secondary N) is 4. The molecule has 2 aliphatic heterocycles. The van der Waals surface area contributed by atoms with E-state index in [4.69, 9.17) is 19.4 Å². The van der Waals surface area contributed by atoms with Crippen LogP contribution < -0.4 is 10.6 Å². The maximum absolute atomic E-state index is 13.7. The van der Waals surface area contributed by atoms with Gasteiger partial charge in [-0.15, -0.1) is 0 Å². The maximum atomic E-state index is 13.7. The molecule has 5 aromatic rings. The molecular formula is C46H56N8O6. The summed E-state index contributed by atoms with van der Waals surface area (Å²) < 4.78 is 9.57. The normalized spacial score (nSPS) is 20.1. The molecule has 0 aliphatic carbocycles. The number of likely N-dealkylation sites (tertiary alicyclic amines) is 2. The van der Waals surface area contributed by atoms with Gasteiger partial charge in [-0.25, -0.2) is 19.6 Å². The topological polar surface area (TPSA) is 175 Å². The average molecular weight is 817 g/mol. The lowest BCUT2D eigenvalue weighted by atomic mass is 9.98. The summed E-state index contributed by atoms with van der Waals surface area (Å²) >= 11 is 0. The molecule has 0 radical (unpaired) electrons. The molecular weight excluding hydrogens is 761 g/mol. The molecule has 0 bridgehead atoms. The van der Waals surface area contributed by atoms with Gasteiger partial charge in [-0.1, -0.05) is 90.1 Å². The van der Waals surface area contributed by atoms with Crippen molar-refractivity contribution in [2.75, 3.05) is 27.3 Å². The highest BCUT2D eigenvalue weighted by Gasteiger charge is 2.41. The van der Waals surface area contributed by atoms with Gasteiger partial charge in [0.05, 0.1) is 50.1 Å². The van der Waals surface area contributed by atoms with Crippen molar-refractivity contribution in [3.8, 4) is 33.6 Å². The van der Waals surface area contributed by atoms with E-state index < -0.39 is 24.3 Å². The quantitative estimate of drug-likeness (QED) is 0.104. The molecule has 0 spiro atoms. The minimum Gasteiger partial charge on any atom is -0.453 e. The Labute approximate surface area is 350 Å². The second-order valence-corrected chi connectivity index (χ2v) is 17.1. The third-order valence-electron chi connectivity index (χ3n) is 11.9. The standard InChI is InChI=1S/C46H56N8O6/c1-25(2)39(51-45(57)59-7)43(55)53-23-27(5)17-37(53)41-47-21-35(49-41)30-11-9-29(10-12-30)31-13-14-33-20-34(16-15-32(33)19-31)36-22-48-42(50-36)38-18-28(6)24-54(38)44(56)40(26(3)4)52-46(58)60-8/h9-16,19-22,25-28,37-40H,17-18,23-24H2,1-8H3,(H,47,49)(H,48,50)(H,51,57)(H,52,58)/t27-,28-,37-,38-,39-,40-/m0/s1. The summed E-state index contributed by atoms with van der Waals surface area (Å²) in [5.74, 6) is 1.50. The summed E-state index contributed by atoms with van der Waals surface area (Å²) in [7, 11) is 2.59. The van der Waals surface area contributed by atoms with Gasteiger partial charge in [0.15, 0.2) is 0 Å². The van der Waals surface area contributed by atoms with E-state index in [1.807, 2.05) is 49.9 Å². The first-order chi connectivity index (χ1) is 28.7. The van der Waals surface area contributed by atoms with Crippen LogP contribution in [-0.4, -0.2) is 93.1 Å². The van der Waals surface area contributed by atoms with Crippen molar-refractivity contribution < 1.29 is 28.7 Å². The smallest absolute Gasteiger partial charge is 0.407 e. The molecule has 0 unspecified atom stereocenters. The number of hydrogen-bond acceptors (Lipinski definition) is 8. The Kier molecular flexibility index (Phi) is 12.3. The number of aromatic amines is 2. The van der Waals surface area contributed by atoms with Crippen LogP contribution in [0.25, 0.3) is 44.4 Å². The average Bonchev–Trinajstić information content (AvgIpc) is 4.07. The van der Waals surface area contributed by atoms with Gasteiger partial charge in [0, 0.05) is 18.7 Å². The van der Waals surface area contributed by atoms with Gasteiger partial charge in [-0.3, -0.25) is 9.59 Å². The fraction of sp³-hybridized carbons (Fsp3) is 0.435. The third kappa shape index (κ3) is 8.73. The number of methoxy groups -OCH3 is 2. The number of benzene rings is 3. The summed E-state index contributed by atoms with van der Waals surface area (Å²) in [6.07, 6.45) is 3.93. The highest BCUT2D eigenvalue weighted by atomic mass is 16.5. The van der Waals surface area contributed by atoms with Crippen LogP contribution in [0.1, 0.15) is 78.1 Å². The lowest BCUT2D eigenvalue weighted by Crippen LogP contribution is -2.51. The van der Waals surface area contributed by atoms with Gasteiger partial charge in [-0.05, 0) is 76.1 Å². The van der Waals surface area contributed by atoms with Gasteiger partial charge >= 0.3 is 12.2 Å². The monoisotopic (exact) mass is 816 g/mol. The highest BCUT2D eigenvalue weighted by molar-refractivity contribution is 5.91. The molecule has 2 fully saturated rings. The first kappa shape index (κ1) is 42.0. The van der Waals surface area contributed by atoms with Crippen LogP contribution in [0.3, 0.4) is 0 Å². The molecule has 0 saturated carbocycles. The number of carbonyl (C=O) groups is 4. The Morgan fingerprint density at radius 2 is 1.02 bits per heavy atom. The number of ether oxygens (including phenoxy) is 2. The van der Waals surface area contributed by atoms with Crippen molar-refractivity contribution >= 4 is 34.8 Å². The Morgan fingerprint density at radius 3 is 1.47 bits per heavy atom. The zero-order valence-corrected chi connectivity index (χ0v) is 35.6. The molecule has 2 saturated heterocycles. The van der Waals surface area contributed by atoms with Gasteiger partial charge in [0.1, 0.15) is 23.7 Å². The van der Waals surface area contributed by atoms with Crippen LogP contribution >= 0.6 is 0 Å². The Bertz CT molecular complexity index is 2350. The van der Waals surface area contributed by atoms with Crippen LogP contribution in [0.5, 0.6) is 0 Å². The van der Waals surface area contributed by atoms with E-state index in [1.165, 1.54) is 14.2 Å². The lowest BCUT2D eigenvalue weighted by molar-refractivity contribution is -0.136. The molecule has 14 nitrogen and oxygen atoms in total. The van der Waals surface area contributed by atoms with Gasteiger partial charge in [0.2, 0.25) is 11.8 Å². The molecule has 7 rings (SSSR count). The number of hydrogen-bond donors (Lipinski definition) is 4. The van der Waals surface area contributed by atoms with Crippen molar-refractivity contribution in [3.63, 3.8) is 0 Å². The number of fused-ring (bicyclic) bond motifs is 1. The van der Waals surface area contributed by atoms with Gasteiger partial charge in [0.25, 0.3) is 0 Å². The van der Waals surface area contributed by atoms with E-state index in [9.17, 15) is 19.2 Å². The first-order valence-electron chi connectivity index (χ1n) is 20.8. The molecule has 60 heavy (non-hydrogen) atoms. The SMILES string of the molecule is COC(=O)N[C@H](C(=O)N1C[C@@H](C)C[C@H]1c1ncc(-c2ccc(-c3ccc4cc(-c5cnc([C@@H]6C[C@H](C)CN6C(=O)[C@@H](NC(=O)OC)C(C)C)[nH]5)ccc4c3)cc2)[nH]1)C(C)C. The molecule has 14 heteroatoms. The molecule has 2 aliphatic rings. The van der Waals surface area contributed by atoms with Crippen molar-refractivity contribution in [1.82, 2.24) is 40.4 Å². The zero-order chi connectivity index (χ0) is 42.8. The van der Waals surface area contributed by atoms with E-state index >= 15 is 0 Å². The van der Waals surface area contributed by atoms with Crippen molar-refractivity contribution in [2.24, 2.45) is 23.7 Å². The minimum absolute atomic E-state index is 0.114. The molecule has 2 aromatic heterocycles. The maximum Gasteiger partial charge on any atom is 0.407 e. The summed E-state index contributed by atoms with van der Waals surface area (Å²) in [6, 6.07) is 19.3. The molecule has 6 atom stereocenters. The van der Waals surface area contributed by atoms with Crippen LogP contribution in [0.15, 0.2) is 73.1 Å². The Morgan fingerprint density at radius 1 is 0.617 bits per heavy atom. The number of alkyl carbamates (subject to hydrolysis) is 2. The predicted octanol–water partition coefficient (Wildman–Crippen LogP) is 7.87. The summed E-state index contributed by atoms with van der Waals surface area (Å²) in [6.45, 7) is 13.0. The molecule has 4 N–H and O–H groups in total. The lowest BCUT2D eigenvalue weighted by Gasteiger charge is -2.30. The number of imidazole rings is 2. The fourth-order valence-corrected chi connectivity index (χ4v) is 8.59. The number of nitrogens with zero attached hydrogens (tertiary/aromatic N) is 4. The molecule has 4 heterocycles. The molecule has 316 valence electrons. The Hall–Kier alpha value is -6.18. The van der Waals surface area contributed by atoms with Gasteiger partial charge in [-0.2, -0.15) is 0 Å². The zero-order valence-electron chi connectivity index (χ0n) is 35.6. The number of aromatic nitrogens is 4. The Balaban J connectivity index is 1.04. The van der Waals surface area contributed by atoms with E-state index in [0.29, 0.717) is 13.1 Å². The fourth-order valence-electron chi connectivity index (χ4n) is 8.59. The highest BCUT2D eigenvalue weighted by Crippen LogP contribution is 2.38.